The van der Waals surface area contributed by atoms with Gasteiger partial charge in [-0.1, -0.05) is 19.3 Å². The first-order valence-electron chi connectivity index (χ1n) is 9.34. The van der Waals surface area contributed by atoms with Crippen molar-refractivity contribution in [1.82, 2.24) is 9.62 Å². The third-order valence-electron chi connectivity index (χ3n) is 4.82. The van der Waals surface area contributed by atoms with Gasteiger partial charge in [-0.2, -0.15) is 0 Å². The van der Waals surface area contributed by atoms with E-state index in [1.54, 1.807) is 16.7 Å². The number of aliphatic imine (C=N–C) groups is 1. The Morgan fingerprint density at radius 2 is 1.89 bits per heavy atom. The Morgan fingerprint density at radius 3 is 2.50 bits per heavy atom. The maximum Gasteiger partial charge on any atom is 0.240 e. The third kappa shape index (κ3) is 8.94. The number of nitrogens with two attached hydrogens (primary N) is 2. The topological polar surface area (TPSA) is 131 Å². The summed E-state index contributed by atoms with van der Waals surface area (Å²) in [6, 6.07) is -0.472. The van der Waals surface area contributed by atoms with E-state index in [0.717, 1.165) is 43.9 Å². The minimum Gasteiger partial charge on any atom is -0.369 e. The Bertz CT molecular complexity index is 595. The number of hydrogen-bond acceptors (Lipinski definition) is 6. The number of guanidine groups is 1. The molecule has 1 saturated heterocycles. The van der Waals surface area contributed by atoms with Gasteiger partial charge in [-0.05, 0) is 32.1 Å². The highest BCUT2D eigenvalue weighted by Crippen LogP contribution is 2.22. The van der Waals surface area contributed by atoms with E-state index in [9.17, 15) is 13.2 Å². The lowest BCUT2D eigenvalue weighted by Crippen LogP contribution is -2.43. The molecular weight excluding hydrogens is 445 g/mol. The summed E-state index contributed by atoms with van der Waals surface area (Å²) in [7, 11) is -3.44. The van der Waals surface area contributed by atoms with E-state index in [4.69, 9.17) is 11.5 Å². The van der Waals surface area contributed by atoms with Crippen molar-refractivity contribution in [2.24, 2.45) is 16.5 Å². The van der Waals surface area contributed by atoms with Gasteiger partial charge in [-0.25, -0.2) is 8.42 Å². The first-order chi connectivity index (χ1) is 12.4. The van der Waals surface area contributed by atoms with E-state index in [0.29, 0.717) is 32.2 Å². The molecule has 12 heteroatoms. The normalized spacial score (nSPS) is 19.5. The van der Waals surface area contributed by atoms with Crippen LogP contribution in [0.5, 0.6) is 0 Å². The first-order valence-corrected chi connectivity index (χ1v) is 12.0. The van der Waals surface area contributed by atoms with Crippen LogP contribution in [0.1, 0.15) is 51.4 Å². The summed E-state index contributed by atoms with van der Waals surface area (Å²) in [4.78, 5) is 18.0. The Balaban J connectivity index is 0.00000364. The van der Waals surface area contributed by atoms with Crippen molar-refractivity contribution in [1.29, 1.82) is 0 Å². The van der Waals surface area contributed by atoms with Crippen molar-refractivity contribution in [2.45, 2.75) is 62.7 Å². The summed E-state index contributed by atoms with van der Waals surface area (Å²) in [5.41, 5.74) is 11.7. The molecule has 1 amide bonds. The SMILES string of the molecule is Cl.Cl.NC(=NCCCC[C@H](N)C(=O)N1CCSC1)NS(=O)(=O)C1CCCCC1. The molecule has 1 aliphatic heterocycles. The number of nitrogens with zero attached hydrogens (tertiary/aromatic N) is 2. The van der Waals surface area contributed by atoms with Crippen LogP contribution in [0.4, 0.5) is 0 Å². The Labute approximate surface area is 184 Å². The minimum atomic E-state index is -3.44. The predicted octanol–water partition coefficient (Wildman–Crippen LogP) is 1.43. The molecule has 0 radical (unpaired) electrons. The summed E-state index contributed by atoms with van der Waals surface area (Å²) in [6.45, 7) is 1.19. The second-order valence-corrected chi connectivity index (χ2v) is 9.95. The van der Waals surface area contributed by atoms with E-state index < -0.39 is 16.1 Å². The number of hydrogen-bond donors (Lipinski definition) is 3. The van der Waals surface area contributed by atoms with Crippen LogP contribution in [0.2, 0.25) is 0 Å². The van der Waals surface area contributed by atoms with Crippen LogP contribution in [0.15, 0.2) is 4.99 Å². The average molecular weight is 479 g/mol. The second kappa shape index (κ2) is 13.7. The molecule has 166 valence electrons. The van der Waals surface area contributed by atoms with Gasteiger partial charge in [0.15, 0.2) is 0 Å². The van der Waals surface area contributed by atoms with E-state index in [-0.39, 0.29) is 41.9 Å². The fraction of sp³-hybridized carbons (Fsp3) is 0.875. The van der Waals surface area contributed by atoms with Crippen LogP contribution < -0.4 is 16.2 Å². The summed E-state index contributed by atoms with van der Waals surface area (Å²) in [5.74, 6) is 1.67. The number of carbonyl (C=O) groups excluding carboxylic acids is 1. The van der Waals surface area contributed by atoms with Crippen molar-refractivity contribution in [3.05, 3.63) is 0 Å². The number of nitrogens with one attached hydrogen (secondary N) is 1. The van der Waals surface area contributed by atoms with Gasteiger partial charge in [0, 0.05) is 18.8 Å². The lowest BCUT2D eigenvalue weighted by molar-refractivity contribution is -0.131. The zero-order valence-corrected chi connectivity index (χ0v) is 19.3. The van der Waals surface area contributed by atoms with Crippen LogP contribution in [-0.2, 0) is 14.8 Å². The van der Waals surface area contributed by atoms with E-state index in [2.05, 4.69) is 9.71 Å². The second-order valence-electron chi connectivity index (χ2n) is 6.92. The number of thioether (sulfide) groups is 1. The number of sulfonamides is 1. The number of amides is 1. The average Bonchev–Trinajstić information content (AvgIpc) is 3.15. The molecule has 28 heavy (non-hydrogen) atoms. The van der Waals surface area contributed by atoms with Gasteiger partial charge in [-0.15, -0.1) is 36.6 Å². The van der Waals surface area contributed by atoms with Gasteiger partial charge >= 0.3 is 0 Å². The molecule has 0 aromatic carbocycles. The summed E-state index contributed by atoms with van der Waals surface area (Å²) in [6.07, 6.45) is 6.41. The highest BCUT2D eigenvalue weighted by molar-refractivity contribution is 7.99. The molecule has 0 bridgehead atoms. The maximum absolute atomic E-state index is 12.2. The molecule has 0 aromatic heterocycles. The van der Waals surface area contributed by atoms with Crippen LogP contribution in [0.25, 0.3) is 0 Å². The number of rotatable bonds is 8. The molecule has 2 rings (SSSR count). The zero-order valence-electron chi connectivity index (χ0n) is 16.0. The molecule has 1 atom stereocenters. The smallest absolute Gasteiger partial charge is 0.240 e. The standard InChI is InChI=1S/C16H31N5O3S2.2ClH/c17-14(15(22)21-10-11-25-12-21)8-4-5-9-19-16(18)20-26(23,24)13-6-2-1-3-7-13;;/h13-14H,1-12,17H2,(H3,18,19,20);2*1H/t14-;;/m0../s1. The van der Waals surface area contributed by atoms with Gasteiger partial charge in [-0.3, -0.25) is 14.5 Å². The number of unbranched alkanes of at least 4 members (excludes halogenated alkanes) is 1. The van der Waals surface area contributed by atoms with Crippen molar-refractivity contribution in [3.63, 3.8) is 0 Å². The van der Waals surface area contributed by atoms with Crippen LogP contribution in [0, 0.1) is 0 Å². The molecule has 0 unspecified atom stereocenters. The summed E-state index contributed by atoms with van der Waals surface area (Å²) in [5, 5.41) is -0.363. The molecule has 1 saturated carbocycles. The third-order valence-corrected chi connectivity index (χ3v) is 7.63. The van der Waals surface area contributed by atoms with Gasteiger partial charge in [0.05, 0.1) is 17.2 Å². The van der Waals surface area contributed by atoms with E-state index in [1.165, 1.54) is 0 Å². The highest BCUT2D eigenvalue weighted by atomic mass is 35.5. The molecule has 1 aliphatic carbocycles. The fourth-order valence-corrected chi connectivity index (χ4v) is 5.69. The largest absolute Gasteiger partial charge is 0.369 e. The number of carbonyl (C=O) groups is 1. The fourth-order valence-electron chi connectivity index (χ4n) is 3.26. The predicted molar refractivity (Wildman–Crippen MR) is 121 cm³/mol. The van der Waals surface area contributed by atoms with Crippen LogP contribution in [-0.4, -0.2) is 61.2 Å². The maximum atomic E-state index is 12.2. The van der Waals surface area contributed by atoms with Gasteiger partial charge in [0.1, 0.15) is 0 Å². The molecule has 5 N–H and O–H groups in total. The Hall–Kier alpha value is -0.420. The lowest BCUT2D eigenvalue weighted by Gasteiger charge is -2.22. The Morgan fingerprint density at radius 1 is 1.21 bits per heavy atom. The molecule has 0 spiro atoms. The monoisotopic (exact) mass is 477 g/mol. The van der Waals surface area contributed by atoms with Crippen LogP contribution in [0.3, 0.4) is 0 Å². The zero-order chi connectivity index (χ0) is 19.0. The summed E-state index contributed by atoms with van der Waals surface area (Å²) >= 11 is 1.74. The van der Waals surface area contributed by atoms with Crippen molar-refractivity contribution < 1.29 is 13.2 Å². The molecule has 2 aliphatic rings. The lowest BCUT2D eigenvalue weighted by atomic mass is 10.0. The van der Waals surface area contributed by atoms with Crippen molar-refractivity contribution >= 4 is 58.5 Å². The molecule has 8 nitrogen and oxygen atoms in total. The molecule has 2 fully saturated rings. The van der Waals surface area contributed by atoms with Gasteiger partial charge in [0.25, 0.3) is 0 Å². The van der Waals surface area contributed by atoms with Crippen LogP contribution >= 0.6 is 36.6 Å². The summed E-state index contributed by atoms with van der Waals surface area (Å²) < 4.78 is 26.9. The minimum absolute atomic E-state index is 0. The van der Waals surface area contributed by atoms with Gasteiger partial charge in [0.2, 0.25) is 21.9 Å². The van der Waals surface area contributed by atoms with Gasteiger partial charge < -0.3 is 16.4 Å². The quantitative estimate of drug-likeness (QED) is 0.275. The Kier molecular flexibility index (Phi) is 13.5. The molecule has 1 heterocycles. The van der Waals surface area contributed by atoms with E-state index in [1.807, 2.05) is 0 Å². The number of halogens is 2. The van der Waals surface area contributed by atoms with Crippen molar-refractivity contribution in [2.75, 3.05) is 24.7 Å². The molecular formula is C16H33Cl2N5O3S2. The highest BCUT2D eigenvalue weighted by Gasteiger charge is 2.27. The first kappa shape index (κ1) is 27.6. The van der Waals surface area contributed by atoms with E-state index >= 15 is 0 Å². The van der Waals surface area contributed by atoms with Crippen molar-refractivity contribution in [3.8, 4) is 0 Å². The molecule has 0 aromatic rings.